The van der Waals surface area contributed by atoms with E-state index in [-0.39, 0.29) is 18.1 Å². The van der Waals surface area contributed by atoms with Crippen LogP contribution in [0.15, 0.2) is 60.5 Å². The molecule has 0 spiro atoms. The summed E-state index contributed by atoms with van der Waals surface area (Å²) >= 11 is 0. The zero-order valence-corrected chi connectivity index (χ0v) is 11.5. The van der Waals surface area contributed by atoms with E-state index in [9.17, 15) is 19.3 Å². The summed E-state index contributed by atoms with van der Waals surface area (Å²) in [6, 6.07) is 5.24. The van der Waals surface area contributed by atoms with Crippen molar-refractivity contribution in [3.8, 4) is 0 Å². The Balaban J connectivity index is 2.56. The molecule has 0 unspecified atom stereocenters. The zero-order valence-electron chi connectivity index (χ0n) is 11.5. The normalized spacial score (nSPS) is 11.4. The minimum absolute atomic E-state index is 0.0827. The highest BCUT2D eigenvalue weighted by atomic mass is 19.1. The number of non-ortho nitro benzene ring substituents is 1. The van der Waals surface area contributed by atoms with Gasteiger partial charge in [-0.2, -0.15) is 0 Å². The molecule has 0 aliphatic rings. The average Bonchev–Trinajstić information content (AvgIpc) is 2.50. The Morgan fingerprint density at radius 1 is 1.38 bits per heavy atom. The molecular weight excluding hydrogens is 275 g/mol. The number of nitro groups is 1. The largest absolute Gasteiger partial charge is 0.348 e. The van der Waals surface area contributed by atoms with Crippen molar-refractivity contribution in [2.75, 3.05) is 6.54 Å². The second kappa shape index (κ2) is 7.74. The van der Waals surface area contributed by atoms with Crippen molar-refractivity contribution < 1.29 is 14.1 Å². The predicted molar refractivity (Wildman–Crippen MR) is 78.6 cm³/mol. The van der Waals surface area contributed by atoms with Crippen LogP contribution in [0.4, 0.5) is 10.1 Å². The molecule has 1 amide bonds. The third-order valence-corrected chi connectivity index (χ3v) is 2.57. The van der Waals surface area contributed by atoms with Gasteiger partial charge >= 0.3 is 0 Å². The number of allylic oxidation sites excluding steroid dienone is 3. The first kappa shape index (κ1) is 16.3. The van der Waals surface area contributed by atoms with E-state index in [1.165, 1.54) is 42.5 Å². The summed E-state index contributed by atoms with van der Waals surface area (Å²) in [6.07, 6.45) is 4.02. The van der Waals surface area contributed by atoms with Crippen molar-refractivity contribution in [3.63, 3.8) is 0 Å². The van der Waals surface area contributed by atoms with Crippen LogP contribution in [0, 0.1) is 10.1 Å². The average molecular weight is 290 g/mol. The summed E-state index contributed by atoms with van der Waals surface area (Å²) in [7, 11) is 0. The summed E-state index contributed by atoms with van der Waals surface area (Å²) in [5.41, 5.74) is 0.750. The van der Waals surface area contributed by atoms with Crippen molar-refractivity contribution in [1.29, 1.82) is 0 Å². The Labute approximate surface area is 121 Å². The second-order valence-electron chi connectivity index (χ2n) is 4.15. The Morgan fingerprint density at radius 2 is 2.00 bits per heavy atom. The minimum Gasteiger partial charge on any atom is -0.348 e. The lowest BCUT2D eigenvalue weighted by molar-refractivity contribution is -0.384. The quantitative estimate of drug-likeness (QED) is 0.496. The van der Waals surface area contributed by atoms with Crippen molar-refractivity contribution in [2.45, 2.75) is 6.92 Å². The van der Waals surface area contributed by atoms with Gasteiger partial charge in [0.15, 0.2) is 0 Å². The number of carbonyl (C=O) groups is 1. The topological polar surface area (TPSA) is 72.2 Å². The number of hydrogen-bond donors (Lipinski definition) is 1. The minimum atomic E-state index is -0.538. The van der Waals surface area contributed by atoms with E-state index >= 15 is 0 Å². The monoisotopic (exact) mass is 290 g/mol. The molecule has 1 rings (SSSR count). The Kier molecular flexibility index (Phi) is 6.00. The predicted octanol–water partition coefficient (Wildman–Crippen LogP) is 3.31. The van der Waals surface area contributed by atoms with Crippen LogP contribution in [0.2, 0.25) is 0 Å². The van der Waals surface area contributed by atoms with Crippen molar-refractivity contribution in [1.82, 2.24) is 5.32 Å². The van der Waals surface area contributed by atoms with E-state index in [1.807, 2.05) is 0 Å². The first-order valence-electron chi connectivity index (χ1n) is 6.14. The number of halogens is 1. The van der Waals surface area contributed by atoms with E-state index in [0.717, 1.165) is 0 Å². The van der Waals surface area contributed by atoms with Gasteiger partial charge in [-0.25, -0.2) is 4.39 Å². The molecule has 0 bridgehead atoms. The van der Waals surface area contributed by atoms with Gasteiger partial charge in [-0.15, -0.1) is 0 Å². The van der Waals surface area contributed by atoms with E-state index < -0.39 is 10.8 Å². The maximum absolute atomic E-state index is 12.9. The summed E-state index contributed by atoms with van der Waals surface area (Å²) in [4.78, 5) is 21.8. The van der Waals surface area contributed by atoms with Crippen LogP contribution >= 0.6 is 0 Å². The fourth-order valence-electron chi connectivity index (χ4n) is 1.38. The zero-order chi connectivity index (χ0) is 15.8. The summed E-state index contributed by atoms with van der Waals surface area (Å²) < 4.78 is 12.9. The highest BCUT2D eigenvalue weighted by Crippen LogP contribution is 2.11. The van der Waals surface area contributed by atoms with Crippen molar-refractivity contribution in [2.24, 2.45) is 0 Å². The number of nitrogens with zero attached hydrogens (tertiary/aromatic N) is 1. The van der Waals surface area contributed by atoms with Crippen molar-refractivity contribution in [3.05, 3.63) is 76.2 Å². The molecule has 6 heteroatoms. The lowest BCUT2D eigenvalue weighted by Gasteiger charge is -2.05. The van der Waals surface area contributed by atoms with Gasteiger partial charge in [0, 0.05) is 24.2 Å². The number of benzene rings is 1. The fraction of sp³-hybridized carbons (Fsp3) is 0.133. The van der Waals surface area contributed by atoms with Gasteiger partial charge in [0.25, 0.3) is 11.6 Å². The molecule has 0 saturated heterocycles. The molecule has 0 radical (unpaired) electrons. The molecule has 0 aliphatic carbocycles. The number of amides is 1. The summed E-state index contributed by atoms with van der Waals surface area (Å²) in [5.74, 6) is -0.774. The number of rotatable bonds is 6. The first-order chi connectivity index (χ1) is 9.93. The highest BCUT2D eigenvalue weighted by Gasteiger charge is 2.08. The van der Waals surface area contributed by atoms with Crippen LogP contribution in [0.5, 0.6) is 0 Å². The molecular formula is C15H15FN2O3. The molecule has 110 valence electrons. The molecule has 0 saturated carbocycles. The van der Waals surface area contributed by atoms with E-state index in [1.54, 1.807) is 6.92 Å². The molecule has 21 heavy (non-hydrogen) atoms. The van der Waals surface area contributed by atoms with Gasteiger partial charge in [0.1, 0.15) is 5.83 Å². The number of nitrogens with one attached hydrogen (secondary N) is 1. The number of nitro benzene ring substituents is 1. The van der Waals surface area contributed by atoms with E-state index in [2.05, 4.69) is 11.9 Å². The highest BCUT2D eigenvalue weighted by molar-refractivity contribution is 5.94. The van der Waals surface area contributed by atoms with Gasteiger partial charge < -0.3 is 5.32 Å². The van der Waals surface area contributed by atoms with Crippen LogP contribution < -0.4 is 5.32 Å². The van der Waals surface area contributed by atoms with Crippen LogP contribution in [0.25, 0.3) is 0 Å². The summed E-state index contributed by atoms with van der Waals surface area (Å²) in [5, 5.41) is 13.1. The maximum Gasteiger partial charge on any atom is 0.269 e. The van der Waals surface area contributed by atoms with Gasteiger partial charge in [0.05, 0.1) is 4.92 Å². The van der Waals surface area contributed by atoms with Crippen LogP contribution in [-0.4, -0.2) is 17.4 Å². The standard InChI is InChI=1S/C15H15FN2O3/c1-3-13(16)7-4-11(2)10-17-15(19)12-5-8-14(9-6-12)18(20)21/h3-9H,2,10H2,1H3,(H,17,19)/b7-4-,13-3+. The van der Waals surface area contributed by atoms with Gasteiger partial charge in [0.2, 0.25) is 0 Å². The lowest BCUT2D eigenvalue weighted by Crippen LogP contribution is -2.24. The molecule has 0 aliphatic heterocycles. The van der Waals surface area contributed by atoms with Gasteiger partial charge in [-0.3, -0.25) is 14.9 Å². The maximum atomic E-state index is 12.9. The molecule has 0 heterocycles. The molecule has 0 fully saturated rings. The molecule has 1 aromatic rings. The van der Waals surface area contributed by atoms with Crippen LogP contribution in [0.3, 0.4) is 0 Å². The van der Waals surface area contributed by atoms with E-state index in [4.69, 9.17) is 0 Å². The Hall–Kier alpha value is -2.76. The summed E-state index contributed by atoms with van der Waals surface area (Å²) in [6.45, 7) is 5.40. The van der Waals surface area contributed by atoms with Gasteiger partial charge in [-0.1, -0.05) is 18.7 Å². The Morgan fingerprint density at radius 3 is 2.52 bits per heavy atom. The first-order valence-corrected chi connectivity index (χ1v) is 6.14. The number of carbonyl (C=O) groups excluding carboxylic acids is 1. The smallest absolute Gasteiger partial charge is 0.269 e. The van der Waals surface area contributed by atoms with Gasteiger partial charge in [-0.05, 0) is 30.7 Å². The van der Waals surface area contributed by atoms with E-state index in [0.29, 0.717) is 11.1 Å². The Bertz CT molecular complexity index is 604. The molecule has 1 aromatic carbocycles. The SMILES string of the molecule is C=C(/C=C\C(F)=C/C)CNC(=O)c1ccc([N+](=O)[O-])cc1. The molecule has 0 atom stereocenters. The van der Waals surface area contributed by atoms with Crippen molar-refractivity contribution >= 4 is 11.6 Å². The van der Waals surface area contributed by atoms with Crippen LogP contribution in [0.1, 0.15) is 17.3 Å². The number of hydrogen-bond acceptors (Lipinski definition) is 3. The molecule has 0 aromatic heterocycles. The fourth-order valence-corrected chi connectivity index (χ4v) is 1.38. The third-order valence-electron chi connectivity index (χ3n) is 2.57. The molecule has 5 nitrogen and oxygen atoms in total. The lowest BCUT2D eigenvalue weighted by atomic mass is 10.2. The van der Waals surface area contributed by atoms with Crippen LogP contribution in [-0.2, 0) is 0 Å². The second-order valence-corrected chi connectivity index (χ2v) is 4.15. The third kappa shape index (κ3) is 5.40. The molecule has 1 N–H and O–H groups in total.